The van der Waals surface area contributed by atoms with E-state index < -0.39 is 6.10 Å². The summed E-state index contributed by atoms with van der Waals surface area (Å²) in [6.07, 6.45) is 6.83. The lowest BCUT2D eigenvalue weighted by atomic mass is 10.1. The first-order valence-electron chi connectivity index (χ1n) is 8.06. The van der Waals surface area contributed by atoms with Gasteiger partial charge in [-0.05, 0) is 45.7 Å². The molecule has 2 heterocycles. The molecular formula is C16H24N4O2. The summed E-state index contributed by atoms with van der Waals surface area (Å²) in [5, 5.41) is 10.6. The standard InChI is InChI=1S/C16H24N4O2/c1-11-9-18-12(10-17-11)16(22)19(2)13-5-6-14(15(13)21)20-7-3-4-8-20/h9-10,13-15,21H,3-8H2,1-2H3/t13-,14-,15-/m1/s1. The van der Waals surface area contributed by atoms with Crippen LogP contribution >= 0.6 is 0 Å². The summed E-state index contributed by atoms with van der Waals surface area (Å²) in [6, 6.07) is 0.0491. The molecule has 0 spiro atoms. The molecule has 6 nitrogen and oxygen atoms in total. The van der Waals surface area contributed by atoms with Crippen LogP contribution in [0.3, 0.4) is 0 Å². The van der Waals surface area contributed by atoms with Crippen LogP contribution in [0.2, 0.25) is 0 Å². The lowest BCUT2D eigenvalue weighted by Gasteiger charge is -2.31. The molecule has 22 heavy (non-hydrogen) atoms. The minimum Gasteiger partial charge on any atom is -0.389 e. The van der Waals surface area contributed by atoms with Gasteiger partial charge in [0.2, 0.25) is 0 Å². The van der Waals surface area contributed by atoms with Gasteiger partial charge in [-0.25, -0.2) is 4.98 Å². The molecule has 2 aliphatic rings. The van der Waals surface area contributed by atoms with Gasteiger partial charge in [-0.2, -0.15) is 0 Å². The quantitative estimate of drug-likeness (QED) is 0.896. The van der Waals surface area contributed by atoms with Crippen molar-refractivity contribution in [1.82, 2.24) is 19.8 Å². The van der Waals surface area contributed by atoms with Gasteiger partial charge in [0.15, 0.2) is 0 Å². The van der Waals surface area contributed by atoms with Gasteiger partial charge in [-0.15, -0.1) is 0 Å². The molecule has 1 aliphatic carbocycles. The number of nitrogens with zero attached hydrogens (tertiary/aromatic N) is 4. The molecule has 2 fully saturated rings. The van der Waals surface area contributed by atoms with Gasteiger partial charge in [0.25, 0.3) is 5.91 Å². The maximum atomic E-state index is 12.5. The van der Waals surface area contributed by atoms with Gasteiger partial charge in [-0.3, -0.25) is 14.7 Å². The van der Waals surface area contributed by atoms with Crippen molar-refractivity contribution < 1.29 is 9.90 Å². The summed E-state index contributed by atoms with van der Waals surface area (Å²) in [7, 11) is 1.75. The highest BCUT2D eigenvalue weighted by molar-refractivity contribution is 5.92. The third-order valence-corrected chi connectivity index (χ3v) is 4.97. The zero-order chi connectivity index (χ0) is 15.7. The second-order valence-electron chi connectivity index (χ2n) is 6.40. The smallest absolute Gasteiger partial charge is 0.274 e. The van der Waals surface area contributed by atoms with E-state index in [0.717, 1.165) is 31.6 Å². The summed E-state index contributed by atoms with van der Waals surface area (Å²) in [5.74, 6) is -0.168. The molecule has 3 atom stereocenters. The van der Waals surface area contributed by atoms with Crippen LogP contribution in [0, 0.1) is 6.92 Å². The number of carbonyl (C=O) groups excluding carboxylic acids is 1. The second-order valence-corrected chi connectivity index (χ2v) is 6.40. The van der Waals surface area contributed by atoms with E-state index in [2.05, 4.69) is 14.9 Å². The predicted octanol–water partition coefficient (Wildman–Crippen LogP) is 0.845. The maximum absolute atomic E-state index is 12.5. The van der Waals surface area contributed by atoms with E-state index in [0.29, 0.717) is 5.69 Å². The van der Waals surface area contributed by atoms with E-state index in [-0.39, 0.29) is 18.0 Å². The molecule has 120 valence electrons. The van der Waals surface area contributed by atoms with E-state index in [9.17, 15) is 9.90 Å². The Morgan fingerprint density at radius 2 is 2.00 bits per heavy atom. The summed E-state index contributed by atoms with van der Waals surface area (Å²) >= 11 is 0. The fourth-order valence-electron chi connectivity index (χ4n) is 3.67. The van der Waals surface area contributed by atoms with Crippen molar-refractivity contribution in [2.45, 2.75) is 50.8 Å². The molecule has 0 bridgehead atoms. The van der Waals surface area contributed by atoms with Crippen LogP contribution in [-0.2, 0) is 0 Å². The Balaban J connectivity index is 1.68. The first-order chi connectivity index (χ1) is 10.6. The third-order valence-electron chi connectivity index (χ3n) is 4.97. The normalized spacial score (nSPS) is 29.0. The van der Waals surface area contributed by atoms with Crippen molar-refractivity contribution >= 4 is 5.91 Å². The van der Waals surface area contributed by atoms with E-state index in [1.165, 1.54) is 19.0 Å². The van der Waals surface area contributed by atoms with E-state index in [1.807, 2.05) is 6.92 Å². The number of aryl methyl sites for hydroxylation is 1. The Labute approximate surface area is 131 Å². The van der Waals surface area contributed by atoms with Crippen LogP contribution in [0.1, 0.15) is 41.9 Å². The zero-order valence-electron chi connectivity index (χ0n) is 13.3. The van der Waals surface area contributed by atoms with Gasteiger partial charge in [0.05, 0.1) is 24.0 Å². The van der Waals surface area contributed by atoms with Gasteiger partial charge >= 0.3 is 0 Å². The molecule has 1 N–H and O–H groups in total. The molecule has 1 aliphatic heterocycles. The molecule has 1 aromatic heterocycles. The van der Waals surface area contributed by atoms with Crippen molar-refractivity contribution in [1.29, 1.82) is 0 Å². The van der Waals surface area contributed by atoms with Crippen molar-refractivity contribution in [2.24, 2.45) is 0 Å². The molecule has 3 rings (SSSR count). The van der Waals surface area contributed by atoms with Gasteiger partial charge in [0.1, 0.15) is 5.69 Å². The highest BCUT2D eigenvalue weighted by Crippen LogP contribution is 2.30. The SMILES string of the molecule is Cc1cnc(C(=O)N(C)[C@@H]2CC[C@@H](N3CCCC3)[C@@H]2O)cn1. The number of rotatable bonds is 3. The Morgan fingerprint density at radius 1 is 1.27 bits per heavy atom. The molecule has 0 unspecified atom stereocenters. The molecule has 0 radical (unpaired) electrons. The van der Waals surface area contributed by atoms with Crippen molar-refractivity contribution in [3.05, 3.63) is 23.8 Å². The number of likely N-dealkylation sites (N-methyl/N-ethyl adjacent to an activating group) is 1. The van der Waals surface area contributed by atoms with Crippen LogP contribution in [0.25, 0.3) is 0 Å². The fourth-order valence-corrected chi connectivity index (χ4v) is 3.67. The topological polar surface area (TPSA) is 69.6 Å². The number of amides is 1. The number of carbonyl (C=O) groups is 1. The number of hydrogen-bond acceptors (Lipinski definition) is 5. The highest BCUT2D eigenvalue weighted by Gasteiger charge is 2.42. The lowest BCUT2D eigenvalue weighted by Crippen LogP contribution is -2.48. The van der Waals surface area contributed by atoms with Crippen LogP contribution in [0.15, 0.2) is 12.4 Å². The average Bonchev–Trinajstić information content (AvgIpc) is 3.16. The van der Waals surface area contributed by atoms with Crippen LogP contribution in [-0.4, -0.2) is 69.1 Å². The van der Waals surface area contributed by atoms with Crippen LogP contribution in [0.5, 0.6) is 0 Å². The summed E-state index contributed by atoms with van der Waals surface area (Å²) in [6.45, 7) is 3.97. The molecule has 1 saturated carbocycles. The first kappa shape index (κ1) is 15.4. The number of likely N-dealkylation sites (tertiary alicyclic amines) is 1. The Bertz CT molecular complexity index is 527. The molecule has 1 amide bonds. The molecule has 6 heteroatoms. The van der Waals surface area contributed by atoms with E-state index >= 15 is 0 Å². The van der Waals surface area contributed by atoms with Crippen LogP contribution < -0.4 is 0 Å². The van der Waals surface area contributed by atoms with E-state index in [4.69, 9.17) is 0 Å². The van der Waals surface area contributed by atoms with Crippen molar-refractivity contribution in [3.8, 4) is 0 Å². The predicted molar refractivity (Wildman–Crippen MR) is 82.5 cm³/mol. The zero-order valence-corrected chi connectivity index (χ0v) is 13.3. The average molecular weight is 304 g/mol. The largest absolute Gasteiger partial charge is 0.389 e. The molecule has 1 saturated heterocycles. The van der Waals surface area contributed by atoms with Crippen LogP contribution in [0.4, 0.5) is 0 Å². The number of aliphatic hydroxyl groups is 1. The summed E-state index contributed by atoms with van der Waals surface area (Å²) in [4.78, 5) is 24.8. The fraction of sp³-hybridized carbons (Fsp3) is 0.688. The molecular weight excluding hydrogens is 280 g/mol. The summed E-state index contributed by atoms with van der Waals surface area (Å²) in [5.41, 5.74) is 1.12. The van der Waals surface area contributed by atoms with Crippen molar-refractivity contribution in [3.63, 3.8) is 0 Å². The number of aromatic nitrogens is 2. The highest BCUT2D eigenvalue weighted by atomic mass is 16.3. The minimum absolute atomic E-state index is 0.138. The van der Waals surface area contributed by atoms with Gasteiger partial charge < -0.3 is 10.0 Å². The van der Waals surface area contributed by atoms with Gasteiger partial charge in [0, 0.05) is 19.3 Å². The Morgan fingerprint density at radius 3 is 2.64 bits per heavy atom. The third kappa shape index (κ3) is 2.85. The molecule has 0 aromatic carbocycles. The number of hydrogen-bond donors (Lipinski definition) is 1. The molecule has 1 aromatic rings. The Kier molecular flexibility index (Phi) is 4.40. The Hall–Kier alpha value is -1.53. The van der Waals surface area contributed by atoms with Crippen molar-refractivity contribution in [2.75, 3.05) is 20.1 Å². The van der Waals surface area contributed by atoms with E-state index in [1.54, 1.807) is 18.1 Å². The lowest BCUT2D eigenvalue weighted by molar-refractivity contribution is 0.0293. The second kappa shape index (κ2) is 6.30. The monoisotopic (exact) mass is 304 g/mol. The maximum Gasteiger partial charge on any atom is 0.274 e. The van der Waals surface area contributed by atoms with Gasteiger partial charge in [-0.1, -0.05) is 0 Å². The number of aliphatic hydroxyl groups excluding tert-OH is 1. The summed E-state index contributed by atoms with van der Waals surface area (Å²) < 4.78 is 0. The minimum atomic E-state index is -0.481. The first-order valence-corrected chi connectivity index (χ1v) is 8.06.